The van der Waals surface area contributed by atoms with Crippen molar-refractivity contribution < 1.29 is 14.3 Å². The van der Waals surface area contributed by atoms with Crippen LogP contribution in [0.5, 0.6) is 0 Å². The van der Waals surface area contributed by atoms with E-state index >= 15 is 0 Å². The van der Waals surface area contributed by atoms with Gasteiger partial charge in [0.25, 0.3) is 0 Å². The van der Waals surface area contributed by atoms with Gasteiger partial charge >= 0.3 is 5.97 Å². The number of Topliss-reactive ketones (excluding diaryl/α,β-unsaturated/α-hetero) is 1. The molecule has 4 heteroatoms. The fourth-order valence-electron chi connectivity index (χ4n) is 2.05. The number of rotatable bonds is 5. The standard InChI is InChI=1S/C12H21NO3/c1-3-5-11(12(15)16-4-2)13-8-6-10(14)7-9-13/h11H,3-9H2,1-2H3. The number of hydrogen-bond acceptors (Lipinski definition) is 4. The normalized spacial score (nSPS) is 19.5. The Kier molecular flexibility index (Phi) is 5.46. The fraction of sp³-hybridized carbons (Fsp3) is 0.833. The van der Waals surface area contributed by atoms with Gasteiger partial charge in [-0.05, 0) is 13.3 Å². The molecule has 0 radical (unpaired) electrons. The van der Waals surface area contributed by atoms with Crippen molar-refractivity contribution in [1.82, 2.24) is 4.90 Å². The third-order valence-electron chi connectivity index (χ3n) is 2.92. The van der Waals surface area contributed by atoms with Crippen molar-refractivity contribution in [3.8, 4) is 0 Å². The Morgan fingerprint density at radius 2 is 2.00 bits per heavy atom. The number of carbonyl (C=O) groups excluding carboxylic acids is 2. The van der Waals surface area contributed by atoms with E-state index in [-0.39, 0.29) is 12.0 Å². The van der Waals surface area contributed by atoms with Gasteiger partial charge in [-0.15, -0.1) is 0 Å². The van der Waals surface area contributed by atoms with Gasteiger partial charge in [-0.3, -0.25) is 14.5 Å². The molecule has 0 aromatic rings. The summed E-state index contributed by atoms with van der Waals surface area (Å²) in [5, 5.41) is 0. The van der Waals surface area contributed by atoms with Gasteiger partial charge in [0.05, 0.1) is 6.61 Å². The summed E-state index contributed by atoms with van der Waals surface area (Å²) in [5.74, 6) is 0.161. The molecule has 1 fully saturated rings. The van der Waals surface area contributed by atoms with Gasteiger partial charge in [-0.2, -0.15) is 0 Å². The Morgan fingerprint density at radius 3 is 2.50 bits per heavy atom. The molecule has 0 N–H and O–H groups in total. The minimum absolute atomic E-state index is 0.140. The molecule has 1 aliphatic heterocycles. The van der Waals surface area contributed by atoms with Gasteiger partial charge in [0.15, 0.2) is 0 Å². The quantitative estimate of drug-likeness (QED) is 0.666. The van der Waals surface area contributed by atoms with Crippen LogP contribution < -0.4 is 0 Å². The van der Waals surface area contributed by atoms with Gasteiger partial charge in [0.2, 0.25) is 0 Å². The molecule has 92 valence electrons. The average molecular weight is 227 g/mol. The van der Waals surface area contributed by atoms with Crippen molar-refractivity contribution in [3.05, 3.63) is 0 Å². The zero-order valence-electron chi connectivity index (χ0n) is 10.2. The highest BCUT2D eigenvalue weighted by Crippen LogP contribution is 2.15. The monoisotopic (exact) mass is 227 g/mol. The van der Waals surface area contributed by atoms with Crippen molar-refractivity contribution in [2.75, 3.05) is 19.7 Å². The fourth-order valence-corrected chi connectivity index (χ4v) is 2.05. The van der Waals surface area contributed by atoms with E-state index in [1.54, 1.807) is 0 Å². The highest BCUT2D eigenvalue weighted by Gasteiger charge is 2.29. The Morgan fingerprint density at radius 1 is 1.38 bits per heavy atom. The maximum atomic E-state index is 11.8. The summed E-state index contributed by atoms with van der Waals surface area (Å²) in [7, 11) is 0. The van der Waals surface area contributed by atoms with E-state index in [1.165, 1.54) is 0 Å². The number of nitrogens with zero attached hydrogens (tertiary/aromatic N) is 1. The van der Waals surface area contributed by atoms with Gasteiger partial charge in [0, 0.05) is 25.9 Å². The lowest BCUT2D eigenvalue weighted by Crippen LogP contribution is -2.46. The van der Waals surface area contributed by atoms with Crippen LogP contribution >= 0.6 is 0 Å². The Balaban J connectivity index is 2.55. The number of hydrogen-bond donors (Lipinski definition) is 0. The van der Waals surface area contributed by atoms with Crippen molar-refractivity contribution >= 4 is 11.8 Å². The maximum Gasteiger partial charge on any atom is 0.323 e. The molecule has 1 aliphatic rings. The predicted octanol–water partition coefficient (Wildman–Crippen LogP) is 1.38. The van der Waals surface area contributed by atoms with E-state index < -0.39 is 0 Å². The molecule has 0 amide bonds. The molecule has 1 rings (SSSR count). The van der Waals surface area contributed by atoms with Crippen LogP contribution in [0.4, 0.5) is 0 Å². The van der Waals surface area contributed by atoms with E-state index in [0.29, 0.717) is 38.3 Å². The second-order valence-corrected chi connectivity index (χ2v) is 4.13. The third-order valence-corrected chi connectivity index (χ3v) is 2.92. The third kappa shape index (κ3) is 3.59. The second kappa shape index (κ2) is 6.63. The molecule has 16 heavy (non-hydrogen) atoms. The number of ether oxygens (including phenoxy) is 1. The van der Waals surface area contributed by atoms with E-state index in [2.05, 4.69) is 11.8 Å². The highest BCUT2D eigenvalue weighted by molar-refractivity contribution is 5.80. The number of piperidine rings is 1. The summed E-state index contributed by atoms with van der Waals surface area (Å²) >= 11 is 0. The molecule has 1 unspecified atom stereocenters. The molecule has 0 aromatic carbocycles. The number of likely N-dealkylation sites (tertiary alicyclic amines) is 1. The highest BCUT2D eigenvalue weighted by atomic mass is 16.5. The molecular formula is C12H21NO3. The molecule has 0 bridgehead atoms. The van der Waals surface area contributed by atoms with Crippen LogP contribution in [0.1, 0.15) is 39.5 Å². The van der Waals surface area contributed by atoms with E-state index in [9.17, 15) is 9.59 Å². The summed E-state index contributed by atoms with van der Waals surface area (Å²) in [6.07, 6.45) is 2.90. The Bertz CT molecular complexity index is 243. The van der Waals surface area contributed by atoms with Crippen LogP contribution in [-0.4, -0.2) is 42.4 Å². The van der Waals surface area contributed by atoms with Crippen molar-refractivity contribution in [2.45, 2.75) is 45.6 Å². The van der Waals surface area contributed by atoms with Crippen molar-refractivity contribution in [3.63, 3.8) is 0 Å². The van der Waals surface area contributed by atoms with Crippen LogP contribution in [0.3, 0.4) is 0 Å². The van der Waals surface area contributed by atoms with Gasteiger partial charge in [-0.25, -0.2) is 0 Å². The molecule has 1 saturated heterocycles. The van der Waals surface area contributed by atoms with Gasteiger partial charge in [0.1, 0.15) is 11.8 Å². The second-order valence-electron chi connectivity index (χ2n) is 4.13. The number of esters is 1. The molecule has 0 saturated carbocycles. The minimum atomic E-state index is -0.155. The van der Waals surface area contributed by atoms with E-state index in [4.69, 9.17) is 4.74 Å². The van der Waals surface area contributed by atoms with Crippen LogP contribution in [-0.2, 0) is 14.3 Å². The first-order valence-electron chi connectivity index (χ1n) is 6.11. The Labute approximate surface area is 96.9 Å². The first-order valence-corrected chi connectivity index (χ1v) is 6.11. The minimum Gasteiger partial charge on any atom is -0.465 e. The molecule has 0 aliphatic carbocycles. The lowest BCUT2D eigenvalue weighted by molar-refractivity contribution is -0.151. The summed E-state index contributed by atoms with van der Waals surface area (Å²) < 4.78 is 5.07. The number of carbonyl (C=O) groups is 2. The van der Waals surface area contributed by atoms with Crippen LogP contribution in [0, 0.1) is 0 Å². The summed E-state index contributed by atoms with van der Waals surface area (Å²) in [6, 6.07) is -0.155. The smallest absolute Gasteiger partial charge is 0.323 e. The molecule has 1 atom stereocenters. The van der Waals surface area contributed by atoms with Gasteiger partial charge < -0.3 is 4.74 Å². The molecular weight excluding hydrogens is 206 g/mol. The lowest BCUT2D eigenvalue weighted by Gasteiger charge is -2.32. The number of ketones is 1. The van der Waals surface area contributed by atoms with Crippen LogP contribution in [0.15, 0.2) is 0 Å². The van der Waals surface area contributed by atoms with Crippen LogP contribution in [0.25, 0.3) is 0 Å². The lowest BCUT2D eigenvalue weighted by atomic mass is 10.0. The first-order chi connectivity index (χ1) is 7.69. The zero-order chi connectivity index (χ0) is 12.0. The summed E-state index contributed by atoms with van der Waals surface area (Å²) in [6.45, 7) is 5.69. The summed E-state index contributed by atoms with van der Waals surface area (Å²) in [4.78, 5) is 25.0. The predicted molar refractivity (Wildman–Crippen MR) is 61.1 cm³/mol. The first kappa shape index (κ1) is 13.2. The largest absolute Gasteiger partial charge is 0.465 e. The maximum absolute atomic E-state index is 11.8. The average Bonchev–Trinajstić information content (AvgIpc) is 2.28. The molecule has 4 nitrogen and oxygen atoms in total. The van der Waals surface area contributed by atoms with Crippen molar-refractivity contribution in [2.24, 2.45) is 0 Å². The molecule has 1 heterocycles. The summed E-state index contributed by atoms with van der Waals surface area (Å²) in [5.41, 5.74) is 0. The Hall–Kier alpha value is -0.900. The van der Waals surface area contributed by atoms with Crippen LogP contribution in [0.2, 0.25) is 0 Å². The topological polar surface area (TPSA) is 46.6 Å². The molecule has 0 spiro atoms. The van der Waals surface area contributed by atoms with Gasteiger partial charge in [-0.1, -0.05) is 13.3 Å². The molecule has 0 aromatic heterocycles. The van der Waals surface area contributed by atoms with E-state index in [1.807, 2.05) is 6.92 Å². The zero-order valence-corrected chi connectivity index (χ0v) is 10.2. The SMILES string of the molecule is CCCC(C(=O)OCC)N1CCC(=O)CC1. The van der Waals surface area contributed by atoms with Crippen molar-refractivity contribution in [1.29, 1.82) is 0 Å². The van der Waals surface area contributed by atoms with E-state index in [0.717, 1.165) is 12.8 Å².